The minimum absolute atomic E-state index is 0.125. The first-order valence-electron chi connectivity index (χ1n) is 5.84. The first kappa shape index (κ1) is 14.8. The number of hydrogen-bond acceptors (Lipinski definition) is 6. The van der Waals surface area contributed by atoms with E-state index in [9.17, 15) is 14.7 Å². The summed E-state index contributed by atoms with van der Waals surface area (Å²) in [6.07, 6.45) is 2.69. The average molecular weight is 293 g/mol. The molecule has 1 aromatic rings. The number of terminal acetylenes is 1. The Bertz CT molecular complexity index is 741. The SMILES string of the molecule is C#Cc1cn([C@@H]2O[C@H](CO)[C@@H](O)C2N=[N+]=[N-])c(=O)[nH]c1=O. The van der Waals surface area contributed by atoms with Crippen molar-refractivity contribution in [3.8, 4) is 12.3 Å². The number of nitrogens with zero attached hydrogens (tertiary/aromatic N) is 4. The molecule has 0 aromatic carbocycles. The summed E-state index contributed by atoms with van der Waals surface area (Å²) in [7, 11) is 0. The Hall–Kier alpha value is -2.57. The van der Waals surface area contributed by atoms with E-state index in [4.69, 9.17) is 21.8 Å². The van der Waals surface area contributed by atoms with Crippen LogP contribution in [0.25, 0.3) is 10.4 Å². The maximum absolute atomic E-state index is 11.8. The highest BCUT2D eigenvalue weighted by atomic mass is 16.5. The van der Waals surface area contributed by atoms with Crippen LogP contribution in [0, 0.1) is 12.3 Å². The van der Waals surface area contributed by atoms with Crippen LogP contribution in [0.2, 0.25) is 0 Å². The van der Waals surface area contributed by atoms with E-state index in [-0.39, 0.29) is 5.56 Å². The van der Waals surface area contributed by atoms with Crippen molar-refractivity contribution in [2.75, 3.05) is 6.61 Å². The van der Waals surface area contributed by atoms with Gasteiger partial charge in [-0.05, 0) is 5.53 Å². The van der Waals surface area contributed by atoms with Crippen LogP contribution in [0.3, 0.4) is 0 Å². The quantitative estimate of drug-likeness (QED) is 0.266. The van der Waals surface area contributed by atoms with Gasteiger partial charge in [0.25, 0.3) is 5.56 Å². The fourth-order valence-electron chi connectivity index (χ4n) is 2.07. The van der Waals surface area contributed by atoms with Crippen molar-refractivity contribution in [3.63, 3.8) is 0 Å². The molecule has 2 heterocycles. The summed E-state index contributed by atoms with van der Waals surface area (Å²) in [4.78, 5) is 27.8. The van der Waals surface area contributed by atoms with Crippen LogP contribution in [0.1, 0.15) is 11.8 Å². The zero-order valence-electron chi connectivity index (χ0n) is 10.6. The number of aliphatic hydroxyl groups is 2. The Morgan fingerprint density at radius 2 is 2.33 bits per heavy atom. The van der Waals surface area contributed by atoms with Crippen LogP contribution < -0.4 is 11.2 Å². The van der Waals surface area contributed by atoms with E-state index in [1.165, 1.54) is 0 Å². The smallest absolute Gasteiger partial charge is 0.330 e. The molecule has 3 N–H and O–H groups in total. The van der Waals surface area contributed by atoms with Crippen LogP contribution in [-0.4, -0.2) is 44.6 Å². The van der Waals surface area contributed by atoms with Gasteiger partial charge in [0.1, 0.15) is 23.9 Å². The zero-order chi connectivity index (χ0) is 15.6. The van der Waals surface area contributed by atoms with Gasteiger partial charge >= 0.3 is 5.69 Å². The third kappa shape index (κ3) is 2.54. The second-order valence-corrected chi connectivity index (χ2v) is 4.29. The number of ether oxygens (including phenoxy) is 1. The molecule has 0 aliphatic carbocycles. The van der Waals surface area contributed by atoms with Crippen LogP contribution in [0.5, 0.6) is 0 Å². The summed E-state index contributed by atoms with van der Waals surface area (Å²) in [5.74, 6) is 2.10. The average Bonchev–Trinajstić information content (AvgIpc) is 2.77. The minimum atomic E-state index is -1.30. The van der Waals surface area contributed by atoms with E-state index >= 15 is 0 Å². The molecule has 21 heavy (non-hydrogen) atoms. The molecule has 0 amide bonds. The zero-order valence-corrected chi connectivity index (χ0v) is 10.6. The van der Waals surface area contributed by atoms with Crippen LogP contribution in [-0.2, 0) is 4.74 Å². The second kappa shape index (κ2) is 5.82. The third-order valence-corrected chi connectivity index (χ3v) is 3.10. The highest BCUT2D eigenvalue weighted by molar-refractivity contribution is 5.26. The molecule has 0 spiro atoms. The Morgan fingerprint density at radius 3 is 2.90 bits per heavy atom. The van der Waals surface area contributed by atoms with Gasteiger partial charge in [-0.25, -0.2) is 4.79 Å². The van der Waals surface area contributed by atoms with Crippen molar-refractivity contribution in [2.45, 2.75) is 24.5 Å². The third-order valence-electron chi connectivity index (χ3n) is 3.10. The van der Waals surface area contributed by atoms with Gasteiger partial charge in [0, 0.05) is 11.1 Å². The topological polar surface area (TPSA) is 153 Å². The molecule has 4 atom stereocenters. The molecule has 1 aromatic heterocycles. The van der Waals surface area contributed by atoms with Gasteiger partial charge in [-0.2, -0.15) is 0 Å². The van der Waals surface area contributed by atoms with Crippen molar-refractivity contribution < 1.29 is 14.9 Å². The lowest BCUT2D eigenvalue weighted by atomic mass is 10.1. The molecule has 0 saturated carbocycles. The monoisotopic (exact) mass is 293 g/mol. The minimum Gasteiger partial charge on any atom is -0.394 e. The number of H-pyrrole nitrogens is 1. The van der Waals surface area contributed by atoms with E-state index in [1.807, 2.05) is 4.98 Å². The molecule has 0 radical (unpaired) electrons. The van der Waals surface area contributed by atoms with Crippen molar-refractivity contribution in [1.29, 1.82) is 0 Å². The normalized spacial score (nSPS) is 27.9. The predicted octanol–water partition coefficient (Wildman–Crippen LogP) is -1.55. The predicted molar refractivity (Wildman–Crippen MR) is 69.2 cm³/mol. The molecular formula is C11H11N5O5. The standard InChI is InChI=1S/C11H11N5O5/c1-2-5-3-16(11(20)13-9(5)19)10-7(14-15-12)8(18)6(4-17)21-10/h1,3,6-8,10,17-18H,4H2,(H,13,19,20)/t6-,7?,8-,10-/m1/s1. The van der Waals surface area contributed by atoms with Crippen molar-refractivity contribution >= 4 is 0 Å². The summed E-state index contributed by atoms with van der Waals surface area (Å²) in [6.45, 7) is -0.533. The summed E-state index contributed by atoms with van der Waals surface area (Å²) in [6, 6.07) is -1.15. The highest BCUT2D eigenvalue weighted by Crippen LogP contribution is 2.30. The molecule has 10 nitrogen and oxygen atoms in total. The number of azide groups is 1. The van der Waals surface area contributed by atoms with Crippen molar-refractivity contribution in [2.24, 2.45) is 5.11 Å². The van der Waals surface area contributed by atoms with Crippen LogP contribution in [0.4, 0.5) is 0 Å². The molecule has 2 rings (SSSR count). The number of nitrogens with one attached hydrogen (secondary N) is 1. The summed E-state index contributed by atoms with van der Waals surface area (Å²) in [5, 5.41) is 22.4. The Morgan fingerprint density at radius 1 is 1.62 bits per heavy atom. The lowest BCUT2D eigenvalue weighted by molar-refractivity contribution is -0.0465. The Labute approximate surface area is 117 Å². The van der Waals surface area contributed by atoms with E-state index in [1.54, 1.807) is 0 Å². The maximum Gasteiger partial charge on any atom is 0.330 e. The second-order valence-electron chi connectivity index (χ2n) is 4.29. The van der Waals surface area contributed by atoms with E-state index in [0.29, 0.717) is 0 Å². The summed E-state index contributed by atoms with van der Waals surface area (Å²) >= 11 is 0. The van der Waals surface area contributed by atoms with Crippen LogP contribution in [0.15, 0.2) is 20.9 Å². The van der Waals surface area contributed by atoms with Gasteiger partial charge < -0.3 is 14.9 Å². The molecule has 1 unspecified atom stereocenters. The molecule has 1 aliphatic heterocycles. The Kier molecular flexibility index (Phi) is 4.11. The fraction of sp³-hybridized carbons (Fsp3) is 0.455. The fourth-order valence-corrected chi connectivity index (χ4v) is 2.07. The first-order valence-corrected chi connectivity index (χ1v) is 5.84. The lowest BCUT2D eigenvalue weighted by Gasteiger charge is -2.17. The molecular weight excluding hydrogens is 282 g/mol. The first-order chi connectivity index (χ1) is 10.0. The molecule has 1 saturated heterocycles. The molecule has 1 aliphatic rings. The van der Waals surface area contributed by atoms with Crippen molar-refractivity contribution in [1.82, 2.24) is 9.55 Å². The molecule has 1 fully saturated rings. The number of rotatable bonds is 3. The number of hydrogen-bond donors (Lipinski definition) is 3. The number of aliphatic hydroxyl groups excluding tert-OH is 2. The van der Waals surface area contributed by atoms with Crippen molar-refractivity contribution in [3.05, 3.63) is 43.0 Å². The van der Waals surface area contributed by atoms with Gasteiger partial charge in [0.15, 0.2) is 0 Å². The van der Waals surface area contributed by atoms with E-state index in [0.717, 1.165) is 10.8 Å². The van der Waals surface area contributed by atoms with Gasteiger partial charge in [-0.1, -0.05) is 11.0 Å². The van der Waals surface area contributed by atoms with Gasteiger partial charge in [-0.15, -0.1) is 6.42 Å². The van der Waals surface area contributed by atoms with E-state index < -0.39 is 42.3 Å². The summed E-state index contributed by atoms with van der Waals surface area (Å²) < 4.78 is 6.21. The highest BCUT2D eigenvalue weighted by Gasteiger charge is 2.44. The van der Waals surface area contributed by atoms with Gasteiger partial charge in [0.05, 0.1) is 12.7 Å². The largest absolute Gasteiger partial charge is 0.394 e. The number of aromatic amines is 1. The van der Waals surface area contributed by atoms with Gasteiger partial charge in [-0.3, -0.25) is 14.3 Å². The lowest BCUT2D eigenvalue weighted by Crippen LogP contribution is -2.37. The summed E-state index contributed by atoms with van der Waals surface area (Å²) in [5.41, 5.74) is 6.83. The molecule has 110 valence electrons. The molecule has 10 heteroatoms. The van der Waals surface area contributed by atoms with E-state index in [2.05, 4.69) is 15.9 Å². The molecule has 0 bridgehead atoms. The maximum atomic E-state index is 11.8. The number of aromatic nitrogens is 2. The van der Waals surface area contributed by atoms with Gasteiger partial charge in [0.2, 0.25) is 0 Å². The van der Waals surface area contributed by atoms with Crippen LogP contribution >= 0.6 is 0 Å². The Balaban J connectivity index is 2.55.